The van der Waals surface area contributed by atoms with Gasteiger partial charge in [0.1, 0.15) is 7.28 Å². The highest BCUT2D eigenvalue weighted by atomic mass is 16.5. The SMILES string of the molecule is CCCC[B]C(CCN)OC. The standard InChI is InChI=1S/C8H19BNO/c1-3-4-6-9-8(11-2)5-7-10/h8H,3-7,10H2,1-2H3. The van der Waals surface area contributed by atoms with Crippen molar-refractivity contribution in [2.75, 3.05) is 13.7 Å². The van der Waals surface area contributed by atoms with Crippen molar-refractivity contribution in [3.05, 3.63) is 0 Å². The molecule has 2 N–H and O–H groups in total. The summed E-state index contributed by atoms with van der Waals surface area (Å²) in [7, 11) is 3.96. The van der Waals surface area contributed by atoms with Gasteiger partial charge in [0.2, 0.25) is 0 Å². The van der Waals surface area contributed by atoms with E-state index >= 15 is 0 Å². The summed E-state index contributed by atoms with van der Waals surface area (Å²) >= 11 is 0. The molecule has 65 valence electrons. The van der Waals surface area contributed by atoms with Crippen molar-refractivity contribution in [1.29, 1.82) is 0 Å². The fraction of sp³-hybridized carbons (Fsp3) is 1.00. The van der Waals surface area contributed by atoms with E-state index in [9.17, 15) is 0 Å². The summed E-state index contributed by atoms with van der Waals surface area (Å²) < 4.78 is 5.20. The molecule has 0 aromatic carbocycles. The van der Waals surface area contributed by atoms with Crippen LogP contribution in [-0.4, -0.2) is 26.9 Å². The molecule has 0 fully saturated rings. The molecule has 0 amide bonds. The molecule has 0 aliphatic rings. The van der Waals surface area contributed by atoms with E-state index < -0.39 is 0 Å². The van der Waals surface area contributed by atoms with E-state index in [1.165, 1.54) is 12.8 Å². The Morgan fingerprint density at radius 3 is 2.73 bits per heavy atom. The number of unbranched alkanes of at least 4 members (excludes halogenated alkanes) is 1. The van der Waals surface area contributed by atoms with Crippen LogP contribution >= 0.6 is 0 Å². The van der Waals surface area contributed by atoms with Gasteiger partial charge in [0, 0.05) is 13.1 Å². The number of rotatable bonds is 7. The van der Waals surface area contributed by atoms with Crippen LogP contribution in [0.3, 0.4) is 0 Å². The van der Waals surface area contributed by atoms with Crippen molar-refractivity contribution in [3.8, 4) is 0 Å². The zero-order valence-corrected chi connectivity index (χ0v) is 7.68. The van der Waals surface area contributed by atoms with Gasteiger partial charge in [-0.15, -0.1) is 0 Å². The Hall–Kier alpha value is -0.0151. The first-order valence-electron chi connectivity index (χ1n) is 4.41. The molecule has 1 radical (unpaired) electrons. The predicted octanol–water partition coefficient (Wildman–Crippen LogP) is 1.23. The molecule has 0 aromatic heterocycles. The molecular formula is C8H19BNO. The lowest BCUT2D eigenvalue weighted by Crippen LogP contribution is -2.22. The second kappa shape index (κ2) is 8.09. The summed E-state index contributed by atoms with van der Waals surface area (Å²) in [4.78, 5) is 0. The van der Waals surface area contributed by atoms with Gasteiger partial charge in [-0.1, -0.05) is 26.1 Å². The van der Waals surface area contributed by atoms with E-state index in [0.29, 0.717) is 6.54 Å². The number of methoxy groups -OCH3 is 1. The number of hydrogen-bond donors (Lipinski definition) is 1. The lowest BCUT2D eigenvalue weighted by Gasteiger charge is -2.12. The number of hydrogen-bond acceptors (Lipinski definition) is 2. The van der Waals surface area contributed by atoms with Crippen LogP contribution in [0.25, 0.3) is 0 Å². The molecule has 0 aliphatic carbocycles. The summed E-state index contributed by atoms with van der Waals surface area (Å²) in [5.74, 6) is 0. The van der Waals surface area contributed by atoms with Gasteiger partial charge in [-0.05, 0) is 13.0 Å². The smallest absolute Gasteiger partial charge is 0.149 e. The molecule has 0 heterocycles. The maximum atomic E-state index is 5.41. The van der Waals surface area contributed by atoms with Crippen molar-refractivity contribution in [2.24, 2.45) is 5.73 Å². The van der Waals surface area contributed by atoms with Gasteiger partial charge >= 0.3 is 0 Å². The van der Waals surface area contributed by atoms with Gasteiger partial charge in [-0.2, -0.15) is 0 Å². The Morgan fingerprint density at radius 2 is 2.27 bits per heavy atom. The van der Waals surface area contributed by atoms with Crippen LogP contribution in [0.5, 0.6) is 0 Å². The fourth-order valence-corrected chi connectivity index (χ4v) is 1.00. The first kappa shape index (κ1) is 11.0. The number of nitrogens with two attached hydrogens (primary N) is 1. The van der Waals surface area contributed by atoms with E-state index in [4.69, 9.17) is 10.5 Å². The third-order valence-corrected chi connectivity index (χ3v) is 1.74. The Kier molecular flexibility index (Phi) is 8.07. The summed E-state index contributed by atoms with van der Waals surface area (Å²) in [5.41, 5.74) is 5.41. The molecule has 0 spiro atoms. The van der Waals surface area contributed by atoms with E-state index in [1.807, 2.05) is 0 Å². The topological polar surface area (TPSA) is 35.2 Å². The lowest BCUT2D eigenvalue weighted by molar-refractivity contribution is 0.158. The van der Waals surface area contributed by atoms with Gasteiger partial charge in [0.15, 0.2) is 0 Å². The van der Waals surface area contributed by atoms with Crippen molar-refractivity contribution < 1.29 is 4.74 Å². The molecule has 0 saturated heterocycles. The molecule has 1 atom stereocenters. The predicted molar refractivity (Wildman–Crippen MR) is 49.9 cm³/mol. The molecule has 3 heteroatoms. The molecule has 11 heavy (non-hydrogen) atoms. The Balaban J connectivity index is 3.20. The van der Waals surface area contributed by atoms with Crippen LogP contribution < -0.4 is 5.73 Å². The van der Waals surface area contributed by atoms with Gasteiger partial charge in [0.25, 0.3) is 0 Å². The third kappa shape index (κ3) is 6.39. The Labute approximate surface area is 70.7 Å². The minimum Gasteiger partial charge on any atom is -0.390 e. The highest BCUT2D eigenvalue weighted by Gasteiger charge is 2.05. The first-order valence-corrected chi connectivity index (χ1v) is 4.41. The van der Waals surface area contributed by atoms with Crippen LogP contribution in [0.15, 0.2) is 0 Å². The first-order chi connectivity index (χ1) is 5.35. The lowest BCUT2D eigenvalue weighted by atomic mass is 9.66. The van der Waals surface area contributed by atoms with E-state index in [-0.39, 0.29) is 6.00 Å². The molecule has 0 aliphatic heterocycles. The van der Waals surface area contributed by atoms with E-state index in [2.05, 4.69) is 14.2 Å². The summed E-state index contributed by atoms with van der Waals surface area (Å²) in [5, 5.41) is 0. The van der Waals surface area contributed by atoms with Gasteiger partial charge < -0.3 is 10.5 Å². The molecule has 0 bridgehead atoms. The Bertz CT molecular complexity index is 80.5. The average molecular weight is 156 g/mol. The van der Waals surface area contributed by atoms with Crippen LogP contribution in [0.4, 0.5) is 0 Å². The summed E-state index contributed by atoms with van der Waals surface area (Å²) in [6.07, 6.45) is 4.59. The van der Waals surface area contributed by atoms with E-state index in [0.717, 1.165) is 12.7 Å². The monoisotopic (exact) mass is 156 g/mol. The fourth-order valence-electron chi connectivity index (χ4n) is 1.00. The van der Waals surface area contributed by atoms with Gasteiger partial charge in [-0.25, -0.2) is 0 Å². The molecule has 0 saturated carbocycles. The van der Waals surface area contributed by atoms with Crippen molar-refractivity contribution in [1.82, 2.24) is 0 Å². The Morgan fingerprint density at radius 1 is 1.55 bits per heavy atom. The second-order valence-corrected chi connectivity index (χ2v) is 2.73. The summed E-state index contributed by atoms with van der Waals surface area (Å²) in [6.45, 7) is 2.90. The largest absolute Gasteiger partial charge is 0.390 e. The highest BCUT2D eigenvalue weighted by molar-refractivity contribution is 6.37. The van der Waals surface area contributed by atoms with Crippen molar-refractivity contribution in [3.63, 3.8) is 0 Å². The minimum absolute atomic E-state index is 0.270. The quantitative estimate of drug-likeness (QED) is 0.444. The zero-order valence-electron chi connectivity index (χ0n) is 7.68. The van der Waals surface area contributed by atoms with Crippen LogP contribution in [0, 0.1) is 0 Å². The highest BCUT2D eigenvalue weighted by Crippen LogP contribution is 2.00. The normalized spacial score (nSPS) is 13.0. The maximum absolute atomic E-state index is 5.41. The maximum Gasteiger partial charge on any atom is 0.149 e. The van der Waals surface area contributed by atoms with Crippen LogP contribution in [0.2, 0.25) is 6.32 Å². The second-order valence-electron chi connectivity index (χ2n) is 2.73. The van der Waals surface area contributed by atoms with Crippen molar-refractivity contribution in [2.45, 2.75) is 38.5 Å². The van der Waals surface area contributed by atoms with Gasteiger partial charge in [0.05, 0.1) is 0 Å². The third-order valence-electron chi connectivity index (χ3n) is 1.74. The van der Waals surface area contributed by atoms with E-state index in [1.54, 1.807) is 7.11 Å². The van der Waals surface area contributed by atoms with Crippen LogP contribution in [0.1, 0.15) is 26.2 Å². The number of ether oxygens (including phenoxy) is 1. The summed E-state index contributed by atoms with van der Waals surface area (Å²) in [6, 6.07) is 0.270. The molecule has 0 aromatic rings. The average Bonchev–Trinajstić information content (AvgIpc) is 2.03. The zero-order chi connectivity index (χ0) is 8.53. The van der Waals surface area contributed by atoms with Crippen LogP contribution in [-0.2, 0) is 4.74 Å². The molecular weight excluding hydrogens is 137 g/mol. The minimum atomic E-state index is 0.270. The van der Waals surface area contributed by atoms with Crippen molar-refractivity contribution >= 4 is 7.28 Å². The molecule has 0 rings (SSSR count). The molecule has 2 nitrogen and oxygen atoms in total. The van der Waals surface area contributed by atoms with Gasteiger partial charge in [-0.3, -0.25) is 0 Å². The molecule has 1 unspecified atom stereocenters.